The number of aromatic carboxylic acids is 1. The third-order valence-electron chi connectivity index (χ3n) is 1.85. The SMILES string of the molecule is O=C(Nc1[nH]ncc1C(=O)O)c1ccco1. The molecule has 0 bridgehead atoms. The molecule has 2 rings (SSSR count). The number of carbonyl (C=O) groups excluding carboxylic acids is 1. The molecule has 0 saturated heterocycles. The highest BCUT2D eigenvalue weighted by atomic mass is 16.4. The third-order valence-corrected chi connectivity index (χ3v) is 1.85. The van der Waals surface area contributed by atoms with E-state index in [2.05, 4.69) is 15.5 Å². The van der Waals surface area contributed by atoms with Crippen LogP contribution < -0.4 is 5.32 Å². The predicted octanol–water partition coefficient (Wildman–Crippen LogP) is 0.953. The molecule has 7 heteroatoms. The number of carboxylic acid groups (broad SMARTS) is 1. The summed E-state index contributed by atoms with van der Waals surface area (Å²) in [6.45, 7) is 0. The summed E-state index contributed by atoms with van der Waals surface area (Å²) in [5.74, 6) is -1.61. The minimum Gasteiger partial charge on any atom is -0.477 e. The minimum atomic E-state index is -1.18. The van der Waals surface area contributed by atoms with Gasteiger partial charge in [0.1, 0.15) is 11.4 Å². The second kappa shape index (κ2) is 3.89. The number of furan rings is 1. The number of carboxylic acids is 1. The molecule has 1 amide bonds. The zero-order chi connectivity index (χ0) is 11.5. The van der Waals surface area contributed by atoms with Crippen LogP contribution in [0.4, 0.5) is 5.82 Å². The second-order valence-corrected chi connectivity index (χ2v) is 2.90. The summed E-state index contributed by atoms with van der Waals surface area (Å²) in [6, 6.07) is 3.02. The summed E-state index contributed by atoms with van der Waals surface area (Å²) in [5, 5.41) is 17.0. The van der Waals surface area contributed by atoms with Crippen molar-refractivity contribution >= 4 is 17.7 Å². The Labute approximate surface area is 89.1 Å². The van der Waals surface area contributed by atoms with E-state index in [-0.39, 0.29) is 17.1 Å². The van der Waals surface area contributed by atoms with Gasteiger partial charge in [-0.2, -0.15) is 5.10 Å². The van der Waals surface area contributed by atoms with Crippen LogP contribution in [0.2, 0.25) is 0 Å². The Morgan fingerprint density at radius 2 is 2.31 bits per heavy atom. The molecule has 0 saturated carbocycles. The Kier molecular flexibility index (Phi) is 2.42. The minimum absolute atomic E-state index is 0.0221. The van der Waals surface area contributed by atoms with Gasteiger partial charge in [-0.3, -0.25) is 9.89 Å². The molecule has 3 N–H and O–H groups in total. The van der Waals surface area contributed by atoms with E-state index in [4.69, 9.17) is 9.52 Å². The summed E-state index contributed by atoms with van der Waals surface area (Å²) in [4.78, 5) is 22.2. The zero-order valence-corrected chi connectivity index (χ0v) is 7.93. The van der Waals surface area contributed by atoms with E-state index >= 15 is 0 Å². The zero-order valence-electron chi connectivity index (χ0n) is 7.93. The van der Waals surface area contributed by atoms with Crippen LogP contribution in [-0.2, 0) is 0 Å². The first-order valence-corrected chi connectivity index (χ1v) is 4.30. The number of hydrogen-bond acceptors (Lipinski definition) is 4. The molecule has 7 nitrogen and oxygen atoms in total. The van der Waals surface area contributed by atoms with Gasteiger partial charge in [-0.25, -0.2) is 4.79 Å². The van der Waals surface area contributed by atoms with E-state index < -0.39 is 11.9 Å². The summed E-state index contributed by atoms with van der Waals surface area (Å²) in [5.41, 5.74) is -0.111. The molecular formula is C9H7N3O4. The van der Waals surface area contributed by atoms with Gasteiger partial charge in [0.15, 0.2) is 5.76 Å². The average molecular weight is 221 g/mol. The van der Waals surface area contributed by atoms with E-state index in [9.17, 15) is 9.59 Å². The van der Waals surface area contributed by atoms with Crippen LogP contribution in [0.1, 0.15) is 20.9 Å². The van der Waals surface area contributed by atoms with E-state index in [0.29, 0.717) is 0 Å². The molecule has 0 unspecified atom stereocenters. The highest BCUT2D eigenvalue weighted by Crippen LogP contribution is 2.12. The number of nitrogens with zero attached hydrogens (tertiary/aromatic N) is 1. The summed E-state index contributed by atoms with van der Waals surface area (Å²) >= 11 is 0. The van der Waals surface area contributed by atoms with Crippen LogP contribution in [-0.4, -0.2) is 27.2 Å². The Morgan fingerprint density at radius 1 is 1.50 bits per heavy atom. The van der Waals surface area contributed by atoms with E-state index in [1.54, 1.807) is 6.07 Å². The van der Waals surface area contributed by atoms with Crippen LogP contribution in [0.25, 0.3) is 0 Å². The molecule has 0 spiro atoms. The lowest BCUT2D eigenvalue weighted by Crippen LogP contribution is -2.13. The lowest BCUT2D eigenvalue weighted by molar-refractivity contribution is 0.0698. The smallest absolute Gasteiger partial charge is 0.341 e. The first-order chi connectivity index (χ1) is 7.68. The van der Waals surface area contributed by atoms with Crippen molar-refractivity contribution in [3.05, 3.63) is 35.9 Å². The molecule has 2 heterocycles. The maximum absolute atomic E-state index is 11.5. The largest absolute Gasteiger partial charge is 0.477 e. The van der Waals surface area contributed by atoms with Gasteiger partial charge in [-0.1, -0.05) is 0 Å². The number of aromatic amines is 1. The molecule has 82 valence electrons. The number of anilines is 1. The Balaban J connectivity index is 2.18. The van der Waals surface area contributed by atoms with Gasteiger partial charge in [0.25, 0.3) is 5.91 Å². The Hall–Kier alpha value is -2.57. The maximum Gasteiger partial charge on any atom is 0.341 e. The number of carbonyl (C=O) groups is 2. The van der Waals surface area contributed by atoms with Crippen LogP contribution in [0.3, 0.4) is 0 Å². The van der Waals surface area contributed by atoms with Gasteiger partial charge in [0.2, 0.25) is 0 Å². The quantitative estimate of drug-likeness (QED) is 0.715. The van der Waals surface area contributed by atoms with Crippen molar-refractivity contribution in [3.63, 3.8) is 0 Å². The lowest BCUT2D eigenvalue weighted by Gasteiger charge is -2.00. The summed E-state index contributed by atoms with van der Waals surface area (Å²) < 4.78 is 4.85. The van der Waals surface area contributed by atoms with Crippen LogP contribution in [0.5, 0.6) is 0 Å². The predicted molar refractivity (Wildman–Crippen MR) is 52.2 cm³/mol. The number of nitrogens with one attached hydrogen (secondary N) is 2. The molecule has 0 aliphatic rings. The number of H-pyrrole nitrogens is 1. The van der Waals surface area contributed by atoms with Gasteiger partial charge in [0, 0.05) is 0 Å². The van der Waals surface area contributed by atoms with E-state index in [1.807, 2.05) is 0 Å². The fourth-order valence-electron chi connectivity index (χ4n) is 1.13. The van der Waals surface area contributed by atoms with Crippen molar-refractivity contribution in [2.45, 2.75) is 0 Å². The lowest BCUT2D eigenvalue weighted by atomic mass is 10.3. The van der Waals surface area contributed by atoms with Crippen molar-refractivity contribution in [2.24, 2.45) is 0 Å². The van der Waals surface area contributed by atoms with Crippen molar-refractivity contribution in [2.75, 3.05) is 5.32 Å². The number of hydrogen-bond donors (Lipinski definition) is 3. The Morgan fingerprint density at radius 3 is 2.94 bits per heavy atom. The van der Waals surface area contributed by atoms with Gasteiger partial charge in [-0.15, -0.1) is 0 Å². The van der Waals surface area contributed by atoms with Gasteiger partial charge >= 0.3 is 5.97 Å². The van der Waals surface area contributed by atoms with Gasteiger partial charge in [-0.05, 0) is 12.1 Å². The standard InChI is InChI=1S/C9H7N3O4/c13-8(6-2-1-3-16-6)11-7-5(9(14)15)4-10-12-7/h1-4H,(H,14,15)(H2,10,11,12,13). The fraction of sp³-hybridized carbons (Fsp3) is 0. The molecule has 16 heavy (non-hydrogen) atoms. The van der Waals surface area contributed by atoms with E-state index in [0.717, 1.165) is 6.20 Å². The molecule has 0 atom stereocenters. The Bertz CT molecular complexity index is 515. The highest BCUT2D eigenvalue weighted by molar-refractivity contribution is 6.05. The van der Waals surface area contributed by atoms with E-state index in [1.165, 1.54) is 12.3 Å². The number of aromatic nitrogens is 2. The molecule has 2 aromatic rings. The monoisotopic (exact) mass is 221 g/mol. The summed E-state index contributed by atoms with van der Waals surface area (Å²) in [7, 11) is 0. The number of rotatable bonds is 3. The summed E-state index contributed by atoms with van der Waals surface area (Å²) in [6.07, 6.45) is 2.46. The normalized spacial score (nSPS) is 10.0. The molecule has 0 aromatic carbocycles. The molecular weight excluding hydrogens is 214 g/mol. The molecule has 0 aliphatic carbocycles. The molecule has 2 aromatic heterocycles. The molecule has 0 radical (unpaired) electrons. The van der Waals surface area contributed by atoms with Crippen molar-refractivity contribution < 1.29 is 19.1 Å². The molecule has 0 aliphatic heterocycles. The van der Waals surface area contributed by atoms with Gasteiger partial charge < -0.3 is 14.8 Å². The first-order valence-electron chi connectivity index (χ1n) is 4.30. The van der Waals surface area contributed by atoms with Crippen LogP contribution >= 0.6 is 0 Å². The molecule has 0 fully saturated rings. The second-order valence-electron chi connectivity index (χ2n) is 2.90. The average Bonchev–Trinajstić information content (AvgIpc) is 2.86. The highest BCUT2D eigenvalue weighted by Gasteiger charge is 2.16. The van der Waals surface area contributed by atoms with Crippen LogP contribution in [0.15, 0.2) is 29.0 Å². The van der Waals surface area contributed by atoms with Gasteiger partial charge in [0.05, 0.1) is 12.5 Å². The van der Waals surface area contributed by atoms with Crippen molar-refractivity contribution in [3.8, 4) is 0 Å². The van der Waals surface area contributed by atoms with Crippen molar-refractivity contribution in [1.29, 1.82) is 0 Å². The maximum atomic E-state index is 11.5. The third kappa shape index (κ3) is 1.78. The van der Waals surface area contributed by atoms with Crippen LogP contribution in [0, 0.1) is 0 Å². The number of amides is 1. The first kappa shape index (κ1) is 9.97. The van der Waals surface area contributed by atoms with Crippen molar-refractivity contribution in [1.82, 2.24) is 10.2 Å². The fourth-order valence-corrected chi connectivity index (χ4v) is 1.13. The topological polar surface area (TPSA) is 108 Å².